The number of fused-ring (bicyclic) bond motifs is 1. The maximum Gasteiger partial charge on any atom is 0.387 e. The van der Waals surface area contributed by atoms with E-state index in [0.29, 0.717) is 42.7 Å². The molecule has 1 saturated carbocycles. The number of carbonyl (C=O) groups excluding carboxylic acids is 1. The Morgan fingerprint density at radius 1 is 1.19 bits per heavy atom. The van der Waals surface area contributed by atoms with Crippen LogP contribution >= 0.6 is 24.0 Å². The molecule has 0 saturated heterocycles. The molecule has 1 aliphatic heterocycles. The minimum absolute atomic E-state index is 0. The highest BCUT2D eigenvalue weighted by atomic mass is 127. The highest BCUT2D eigenvalue weighted by Crippen LogP contribution is 2.39. The van der Waals surface area contributed by atoms with E-state index in [1.165, 1.54) is 6.07 Å². The van der Waals surface area contributed by atoms with Crippen molar-refractivity contribution in [3.05, 3.63) is 17.7 Å². The molecule has 31 heavy (non-hydrogen) atoms. The molecule has 8 nitrogen and oxygen atoms in total. The summed E-state index contributed by atoms with van der Waals surface area (Å²) in [6.07, 6.45) is 3.85. The molecule has 0 radical (unpaired) electrons. The monoisotopic (exact) mass is 554 g/mol. The van der Waals surface area contributed by atoms with E-state index in [2.05, 4.69) is 25.7 Å². The van der Waals surface area contributed by atoms with Gasteiger partial charge in [0.15, 0.2) is 17.5 Å². The lowest BCUT2D eigenvalue weighted by Gasteiger charge is -2.24. The summed E-state index contributed by atoms with van der Waals surface area (Å²) in [6, 6.07) is 2.99. The first-order valence-electron chi connectivity index (χ1n) is 10.2. The van der Waals surface area contributed by atoms with E-state index in [9.17, 15) is 13.6 Å². The molecule has 11 heteroatoms. The number of nitrogens with one attached hydrogen (secondary N) is 3. The number of aliphatic imine (C=N–C) groups is 1. The van der Waals surface area contributed by atoms with Crippen LogP contribution in [0.2, 0.25) is 0 Å². The van der Waals surface area contributed by atoms with Crippen molar-refractivity contribution in [2.24, 2.45) is 10.9 Å². The third-order valence-electron chi connectivity index (χ3n) is 4.94. The molecular weight excluding hydrogens is 525 g/mol. The third-order valence-corrected chi connectivity index (χ3v) is 4.94. The molecule has 1 fully saturated rings. The van der Waals surface area contributed by atoms with Crippen molar-refractivity contribution in [1.82, 2.24) is 16.0 Å². The number of halogens is 3. The molecule has 174 valence electrons. The number of nitrogens with zero attached hydrogens (tertiary/aromatic N) is 1. The molecule has 2 aliphatic rings. The van der Waals surface area contributed by atoms with Gasteiger partial charge in [0.1, 0.15) is 5.75 Å². The van der Waals surface area contributed by atoms with E-state index < -0.39 is 6.61 Å². The van der Waals surface area contributed by atoms with Crippen molar-refractivity contribution in [2.75, 3.05) is 26.4 Å². The largest absolute Gasteiger partial charge is 0.454 e. The van der Waals surface area contributed by atoms with Crippen LogP contribution in [0.15, 0.2) is 17.1 Å². The maximum absolute atomic E-state index is 12.8. The SMILES string of the molecule is CCNC(=NCc1cc2c(cc1OC(F)F)OCO2)NCCCNC(=O)C1CCC1.I. The van der Waals surface area contributed by atoms with Crippen molar-refractivity contribution in [2.45, 2.75) is 45.8 Å². The van der Waals surface area contributed by atoms with E-state index in [-0.39, 0.29) is 54.9 Å². The molecule has 0 aromatic heterocycles. The summed E-state index contributed by atoms with van der Waals surface area (Å²) >= 11 is 0. The number of carbonyl (C=O) groups is 1. The summed E-state index contributed by atoms with van der Waals surface area (Å²) in [6.45, 7) is 0.987. The Morgan fingerprint density at radius 3 is 2.55 bits per heavy atom. The second-order valence-corrected chi connectivity index (χ2v) is 7.09. The van der Waals surface area contributed by atoms with Crippen LogP contribution in [0, 0.1) is 5.92 Å². The van der Waals surface area contributed by atoms with Crippen molar-refractivity contribution in [3.8, 4) is 17.2 Å². The van der Waals surface area contributed by atoms with Gasteiger partial charge in [0, 0.05) is 37.2 Å². The van der Waals surface area contributed by atoms with Gasteiger partial charge in [-0.25, -0.2) is 4.99 Å². The first kappa shape index (κ1) is 25.2. The van der Waals surface area contributed by atoms with Crippen LogP contribution in [-0.2, 0) is 11.3 Å². The van der Waals surface area contributed by atoms with Crippen LogP contribution in [0.25, 0.3) is 0 Å². The second kappa shape index (κ2) is 12.7. The predicted molar refractivity (Wildman–Crippen MR) is 122 cm³/mol. The number of hydrogen-bond donors (Lipinski definition) is 3. The van der Waals surface area contributed by atoms with Crippen LogP contribution in [0.5, 0.6) is 17.2 Å². The molecule has 0 unspecified atom stereocenters. The fourth-order valence-corrected chi connectivity index (χ4v) is 3.12. The molecule has 3 rings (SSSR count). The standard InChI is InChI=1S/C20H28F2N4O4.HI/c1-2-23-20(25-8-4-7-24-18(27)13-5-3-6-13)26-11-14-9-16-17(29-12-28-16)10-15(14)30-19(21)22;/h9-10,13,19H,2-8,11-12H2,1H3,(H,24,27)(H2,23,25,26);1H. The summed E-state index contributed by atoms with van der Waals surface area (Å²) in [7, 11) is 0. The summed E-state index contributed by atoms with van der Waals surface area (Å²) in [5.41, 5.74) is 0.463. The third kappa shape index (κ3) is 7.54. The Hall–Kier alpha value is -2.05. The summed E-state index contributed by atoms with van der Waals surface area (Å²) in [5, 5.41) is 9.23. The Morgan fingerprint density at radius 2 is 1.90 bits per heavy atom. The lowest BCUT2D eigenvalue weighted by atomic mass is 9.85. The number of alkyl halides is 2. The minimum atomic E-state index is -2.95. The Bertz CT molecular complexity index is 763. The van der Waals surface area contributed by atoms with Gasteiger partial charge >= 0.3 is 6.61 Å². The molecule has 0 atom stereocenters. The summed E-state index contributed by atoms with van der Waals surface area (Å²) < 4.78 is 40.7. The number of benzene rings is 1. The van der Waals surface area contributed by atoms with Crippen molar-refractivity contribution in [1.29, 1.82) is 0 Å². The highest BCUT2D eigenvalue weighted by molar-refractivity contribution is 14.0. The Labute approximate surface area is 197 Å². The number of hydrogen-bond acceptors (Lipinski definition) is 5. The summed E-state index contributed by atoms with van der Waals surface area (Å²) in [5.74, 6) is 1.71. The molecule has 1 aliphatic carbocycles. The van der Waals surface area contributed by atoms with E-state index in [1.54, 1.807) is 6.07 Å². The zero-order valence-corrected chi connectivity index (χ0v) is 19.7. The first-order valence-corrected chi connectivity index (χ1v) is 10.2. The molecule has 0 spiro atoms. The number of amides is 1. The highest BCUT2D eigenvalue weighted by Gasteiger charge is 2.24. The van der Waals surface area contributed by atoms with Crippen LogP contribution in [0.1, 0.15) is 38.2 Å². The molecular formula is C20H29F2IN4O4. The Balaban J connectivity index is 0.00000341. The normalized spacial score (nSPS) is 15.2. The van der Waals surface area contributed by atoms with Crippen molar-refractivity contribution >= 4 is 35.8 Å². The van der Waals surface area contributed by atoms with Gasteiger partial charge < -0.3 is 30.2 Å². The zero-order chi connectivity index (χ0) is 21.3. The van der Waals surface area contributed by atoms with Gasteiger partial charge in [0.25, 0.3) is 0 Å². The smallest absolute Gasteiger partial charge is 0.387 e. The fourth-order valence-electron chi connectivity index (χ4n) is 3.12. The van der Waals surface area contributed by atoms with Crippen LogP contribution in [0.4, 0.5) is 8.78 Å². The van der Waals surface area contributed by atoms with Crippen LogP contribution in [0.3, 0.4) is 0 Å². The number of rotatable bonds is 10. The Kier molecular flexibility index (Phi) is 10.3. The average Bonchev–Trinajstić information content (AvgIpc) is 3.10. The predicted octanol–water partition coefficient (Wildman–Crippen LogP) is 3.00. The molecule has 1 aromatic rings. The lowest BCUT2D eigenvalue weighted by molar-refractivity contribution is -0.127. The topological polar surface area (TPSA) is 93.2 Å². The molecule has 1 heterocycles. The van der Waals surface area contributed by atoms with Gasteiger partial charge in [0.2, 0.25) is 12.7 Å². The number of ether oxygens (including phenoxy) is 3. The summed E-state index contributed by atoms with van der Waals surface area (Å²) in [4.78, 5) is 16.3. The van der Waals surface area contributed by atoms with Crippen molar-refractivity contribution < 1.29 is 27.8 Å². The maximum atomic E-state index is 12.8. The zero-order valence-electron chi connectivity index (χ0n) is 17.4. The molecule has 1 amide bonds. The van der Waals surface area contributed by atoms with Crippen molar-refractivity contribution in [3.63, 3.8) is 0 Å². The van der Waals surface area contributed by atoms with Gasteiger partial charge in [-0.05, 0) is 32.3 Å². The second-order valence-electron chi connectivity index (χ2n) is 7.09. The molecule has 3 N–H and O–H groups in total. The van der Waals surface area contributed by atoms with Gasteiger partial charge in [-0.2, -0.15) is 8.78 Å². The van der Waals surface area contributed by atoms with E-state index in [1.807, 2.05) is 6.92 Å². The number of guanidine groups is 1. The van der Waals surface area contributed by atoms with Gasteiger partial charge in [-0.1, -0.05) is 6.42 Å². The molecule has 1 aromatic carbocycles. The minimum Gasteiger partial charge on any atom is -0.454 e. The van der Waals surface area contributed by atoms with Crippen LogP contribution in [-0.4, -0.2) is 44.9 Å². The van der Waals surface area contributed by atoms with E-state index in [4.69, 9.17) is 9.47 Å². The molecule has 0 bridgehead atoms. The average molecular weight is 554 g/mol. The fraction of sp³-hybridized carbons (Fsp3) is 0.600. The van der Waals surface area contributed by atoms with Gasteiger partial charge in [0.05, 0.1) is 6.54 Å². The van der Waals surface area contributed by atoms with E-state index >= 15 is 0 Å². The van der Waals surface area contributed by atoms with Gasteiger partial charge in [-0.3, -0.25) is 4.79 Å². The first-order chi connectivity index (χ1) is 14.6. The quantitative estimate of drug-likeness (QED) is 0.178. The lowest BCUT2D eigenvalue weighted by Crippen LogP contribution is -2.39. The van der Waals surface area contributed by atoms with Gasteiger partial charge in [-0.15, -0.1) is 24.0 Å². The van der Waals surface area contributed by atoms with E-state index in [0.717, 1.165) is 25.7 Å². The van der Waals surface area contributed by atoms with Crippen LogP contribution < -0.4 is 30.2 Å².